The van der Waals surface area contributed by atoms with Gasteiger partial charge in [0.2, 0.25) is 5.95 Å². The molecule has 1 heterocycles. The molecule has 0 aliphatic carbocycles. The fraction of sp³-hybridized carbons (Fsp3) is 0.200. The van der Waals surface area contributed by atoms with E-state index in [1.165, 1.54) is 11.8 Å². The number of nitrogens with one attached hydrogen (secondary N) is 2. The van der Waals surface area contributed by atoms with Crippen LogP contribution < -0.4 is 10.6 Å². The van der Waals surface area contributed by atoms with Crippen LogP contribution in [0.5, 0.6) is 0 Å². The average Bonchev–Trinajstić information content (AvgIpc) is 2.70. The highest BCUT2D eigenvalue weighted by Gasteiger charge is 2.12. The van der Waals surface area contributed by atoms with E-state index in [2.05, 4.69) is 37.9 Å². The van der Waals surface area contributed by atoms with Gasteiger partial charge in [0.05, 0.1) is 24.1 Å². The van der Waals surface area contributed by atoms with Gasteiger partial charge in [-0.05, 0) is 31.0 Å². The predicted molar refractivity (Wildman–Crippen MR) is 104 cm³/mol. The van der Waals surface area contributed by atoms with E-state index in [0.29, 0.717) is 36.2 Å². The van der Waals surface area contributed by atoms with Crippen LogP contribution in [0.1, 0.15) is 22.8 Å². The molecule has 0 fully saturated rings. The van der Waals surface area contributed by atoms with Gasteiger partial charge in [-0.1, -0.05) is 42.5 Å². The summed E-state index contributed by atoms with van der Waals surface area (Å²) in [5.41, 5.74) is 2.28. The molecule has 3 aromatic rings. The first-order valence-corrected chi connectivity index (χ1v) is 8.77. The van der Waals surface area contributed by atoms with E-state index in [-0.39, 0.29) is 5.97 Å². The van der Waals surface area contributed by atoms with Gasteiger partial charge in [-0.15, -0.1) is 5.10 Å². The molecule has 7 nitrogen and oxygen atoms in total. The third kappa shape index (κ3) is 5.24. The molecule has 0 atom stereocenters. The van der Waals surface area contributed by atoms with Crippen LogP contribution in [0.3, 0.4) is 0 Å². The van der Waals surface area contributed by atoms with Crippen molar-refractivity contribution in [1.29, 1.82) is 0 Å². The highest BCUT2D eigenvalue weighted by molar-refractivity contribution is 5.96. The highest BCUT2D eigenvalue weighted by atomic mass is 16.5. The van der Waals surface area contributed by atoms with Gasteiger partial charge in [0.1, 0.15) is 0 Å². The molecule has 0 bridgehead atoms. The second kappa shape index (κ2) is 9.28. The minimum Gasteiger partial charge on any atom is -0.462 e. The number of aromatic nitrogens is 3. The van der Waals surface area contributed by atoms with Gasteiger partial charge in [-0.25, -0.2) is 4.79 Å². The molecule has 3 rings (SSSR count). The standard InChI is InChI=1S/C20H21N5O2/c1-2-27-19(26)16-10-6-7-11-17(16)23-18-14-22-25-20(24-18)21-13-12-15-8-4-3-5-9-15/h3-11,14H,2,12-13H2,1H3,(H2,21,23,24,25). The van der Waals surface area contributed by atoms with Gasteiger partial charge in [0.25, 0.3) is 0 Å². The number of para-hydroxylation sites is 1. The Morgan fingerprint density at radius 1 is 1.07 bits per heavy atom. The maximum atomic E-state index is 12.1. The Morgan fingerprint density at radius 2 is 1.85 bits per heavy atom. The summed E-state index contributed by atoms with van der Waals surface area (Å²) in [7, 11) is 0. The summed E-state index contributed by atoms with van der Waals surface area (Å²) in [6, 6.07) is 17.3. The highest BCUT2D eigenvalue weighted by Crippen LogP contribution is 2.20. The lowest BCUT2D eigenvalue weighted by molar-refractivity contribution is 0.0527. The van der Waals surface area contributed by atoms with Crippen molar-refractivity contribution in [2.45, 2.75) is 13.3 Å². The SMILES string of the molecule is CCOC(=O)c1ccccc1Nc1cnnc(NCCc2ccccc2)n1. The van der Waals surface area contributed by atoms with Gasteiger partial charge in [0, 0.05) is 6.54 Å². The second-order valence-corrected chi connectivity index (χ2v) is 5.72. The van der Waals surface area contributed by atoms with Crippen LogP contribution in [0.25, 0.3) is 0 Å². The summed E-state index contributed by atoms with van der Waals surface area (Å²) in [6.45, 7) is 2.78. The van der Waals surface area contributed by atoms with Crippen molar-refractivity contribution in [2.24, 2.45) is 0 Å². The van der Waals surface area contributed by atoms with Crippen molar-refractivity contribution in [3.63, 3.8) is 0 Å². The minimum atomic E-state index is -0.385. The first-order chi connectivity index (χ1) is 13.3. The van der Waals surface area contributed by atoms with Crippen LogP contribution in [0.15, 0.2) is 60.8 Å². The number of rotatable bonds is 8. The molecule has 138 valence electrons. The number of ether oxygens (including phenoxy) is 1. The summed E-state index contributed by atoms with van der Waals surface area (Å²) in [4.78, 5) is 16.5. The number of hydrogen-bond donors (Lipinski definition) is 2. The molecular formula is C20H21N5O2. The molecule has 2 aromatic carbocycles. The van der Waals surface area contributed by atoms with E-state index >= 15 is 0 Å². The molecule has 1 aromatic heterocycles. The van der Waals surface area contributed by atoms with E-state index in [4.69, 9.17) is 4.74 Å². The summed E-state index contributed by atoms with van der Waals surface area (Å²) in [5, 5.41) is 14.2. The minimum absolute atomic E-state index is 0.317. The lowest BCUT2D eigenvalue weighted by atomic mass is 10.1. The monoisotopic (exact) mass is 363 g/mol. The van der Waals surface area contributed by atoms with Crippen molar-refractivity contribution in [2.75, 3.05) is 23.8 Å². The number of benzene rings is 2. The van der Waals surface area contributed by atoms with Gasteiger partial charge in [-0.2, -0.15) is 10.1 Å². The molecule has 7 heteroatoms. The summed E-state index contributed by atoms with van der Waals surface area (Å²) < 4.78 is 5.09. The summed E-state index contributed by atoms with van der Waals surface area (Å²) in [5.74, 6) is 0.525. The van der Waals surface area contributed by atoms with Crippen molar-refractivity contribution in [1.82, 2.24) is 15.2 Å². The molecule has 0 spiro atoms. The zero-order chi connectivity index (χ0) is 18.9. The quantitative estimate of drug-likeness (QED) is 0.593. The van der Waals surface area contributed by atoms with Crippen LogP contribution in [0.4, 0.5) is 17.5 Å². The molecule has 0 radical (unpaired) electrons. The average molecular weight is 363 g/mol. The van der Waals surface area contributed by atoms with Crippen LogP contribution in [-0.4, -0.2) is 34.3 Å². The van der Waals surface area contributed by atoms with Crippen LogP contribution in [-0.2, 0) is 11.2 Å². The maximum Gasteiger partial charge on any atom is 0.340 e. The summed E-state index contributed by atoms with van der Waals surface area (Å²) >= 11 is 0. The molecule has 0 saturated heterocycles. The Kier molecular flexibility index (Phi) is 6.30. The Bertz CT molecular complexity index is 886. The van der Waals surface area contributed by atoms with E-state index in [1.54, 1.807) is 25.1 Å². The molecular weight excluding hydrogens is 342 g/mol. The fourth-order valence-electron chi connectivity index (χ4n) is 2.52. The van der Waals surface area contributed by atoms with Gasteiger partial charge in [-0.3, -0.25) is 0 Å². The zero-order valence-electron chi connectivity index (χ0n) is 15.1. The molecule has 0 amide bonds. The number of esters is 1. The van der Waals surface area contributed by atoms with Crippen LogP contribution >= 0.6 is 0 Å². The fourth-order valence-corrected chi connectivity index (χ4v) is 2.52. The molecule has 27 heavy (non-hydrogen) atoms. The Balaban J connectivity index is 1.65. The Hall–Kier alpha value is -3.48. The molecule has 2 N–H and O–H groups in total. The van der Waals surface area contributed by atoms with Crippen molar-refractivity contribution in [3.8, 4) is 0 Å². The van der Waals surface area contributed by atoms with Crippen molar-refractivity contribution < 1.29 is 9.53 Å². The zero-order valence-corrected chi connectivity index (χ0v) is 15.1. The molecule has 0 saturated carbocycles. The van der Waals surface area contributed by atoms with E-state index in [9.17, 15) is 4.79 Å². The number of anilines is 3. The number of carbonyl (C=O) groups excluding carboxylic acids is 1. The first-order valence-electron chi connectivity index (χ1n) is 8.77. The van der Waals surface area contributed by atoms with Gasteiger partial charge < -0.3 is 15.4 Å². The van der Waals surface area contributed by atoms with Gasteiger partial charge >= 0.3 is 5.97 Å². The number of nitrogens with zero attached hydrogens (tertiary/aromatic N) is 3. The van der Waals surface area contributed by atoms with E-state index in [0.717, 1.165) is 6.42 Å². The Morgan fingerprint density at radius 3 is 2.67 bits per heavy atom. The molecule has 0 aliphatic heterocycles. The second-order valence-electron chi connectivity index (χ2n) is 5.72. The predicted octanol–water partition coefficient (Wildman–Crippen LogP) is 3.45. The third-order valence-electron chi connectivity index (χ3n) is 3.78. The van der Waals surface area contributed by atoms with Crippen molar-refractivity contribution in [3.05, 3.63) is 71.9 Å². The maximum absolute atomic E-state index is 12.1. The van der Waals surface area contributed by atoms with Gasteiger partial charge in [0.15, 0.2) is 5.82 Å². The number of carbonyl (C=O) groups is 1. The smallest absolute Gasteiger partial charge is 0.340 e. The molecule has 0 aliphatic rings. The number of hydrogen-bond acceptors (Lipinski definition) is 7. The lowest BCUT2D eigenvalue weighted by Crippen LogP contribution is -2.11. The van der Waals surface area contributed by atoms with Crippen LogP contribution in [0.2, 0.25) is 0 Å². The third-order valence-corrected chi connectivity index (χ3v) is 3.78. The summed E-state index contributed by atoms with van der Waals surface area (Å²) in [6.07, 6.45) is 2.36. The lowest BCUT2D eigenvalue weighted by Gasteiger charge is -2.11. The molecule has 0 unspecified atom stereocenters. The van der Waals surface area contributed by atoms with Crippen LogP contribution in [0, 0.1) is 0 Å². The van der Waals surface area contributed by atoms with Crippen molar-refractivity contribution >= 4 is 23.4 Å². The Labute approximate surface area is 157 Å². The largest absolute Gasteiger partial charge is 0.462 e. The topological polar surface area (TPSA) is 89.0 Å². The van der Waals surface area contributed by atoms with E-state index < -0.39 is 0 Å². The normalized spacial score (nSPS) is 10.3. The van der Waals surface area contributed by atoms with E-state index in [1.807, 2.05) is 24.3 Å². The first kappa shape index (κ1) is 18.3.